The van der Waals surface area contributed by atoms with E-state index in [1.807, 2.05) is 13.8 Å². The van der Waals surface area contributed by atoms with Crippen molar-refractivity contribution in [3.05, 3.63) is 12.2 Å². The maximum Gasteiger partial charge on any atom is 0.335 e. The van der Waals surface area contributed by atoms with Crippen molar-refractivity contribution in [1.82, 2.24) is 0 Å². The summed E-state index contributed by atoms with van der Waals surface area (Å²) in [6.45, 7) is 9.97. The number of hydrogen-bond acceptors (Lipinski definition) is 4. The Morgan fingerprint density at radius 1 is 1.47 bits per heavy atom. The average molecular weight is 214 g/mol. The molecule has 1 aliphatic rings. The summed E-state index contributed by atoms with van der Waals surface area (Å²) in [7, 11) is 0. The lowest BCUT2D eigenvalue weighted by atomic mass is 10.1. The van der Waals surface area contributed by atoms with Crippen LogP contribution in [0.2, 0.25) is 0 Å². The largest absolute Gasteiger partial charge is 0.429 e. The van der Waals surface area contributed by atoms with Crippen LogP contribution in [0.1, 0.15) is 27.2 Å². The lowest BCUT2D eigenvalue weighted by molar-refractivity contribution is -0.220. The Hall–Kier alpha value is -0.870. The summed E-state index contributed by atoms with van der Waals surface area (Å²) in [5, 5.41) is 0. The smallest absolute Gasteiger partial charge is 0.335 e. The van der Waals surface area contributed by atoms with E-state index in [4.69, 9.17) is 14.2 Å². The molecule has 0 aromatic heterocycles. The van der Waals surface area contributed by atoms with Gasteiger partial charge in [0.15, 0.2) is 0 Å². The van der Waals surface area contributed by atoms with Crippen LogP contribution in [0.3, 0.4) is 0 Å². The molecule has 4 nitrogen and oxygen atoms in total. The van der Waals surface area contributed by atoms with Crippen molar-refractivity contribution in [2.24, 2.45) is 0 Å². The molecule has 1 atom stereocenters. The van der Waals surface area contributed by atoms with Gasteiger partial charge in [0.2, 0.25) is 6.29 Å². The van der Waals surface area contributed by atoms with E-state index in [0.717, 1.165) is 6.42 Å². The average Bonchev–Trinajstić information content (AvgIpc) is 2.28. The van der Waals surface area contributed by atoms with Crippen LogP contribution in [-0.4, -0.2) is 31.1 Å². The van der Waals surface area contributed by atoms with E-state index in [9.17, 15) is 4.79 Å². The van der Waals surface area contributed by atoms with Crippen LogP contribution in [0.4, 0.5) is 0 Å². The van der Waals surface area contributed by atoms with Gasteiger partial charge in [0.25, 0.3) is 0 Å². The van der Waals surface area contributed by atoms with Crippen molar-refractivity contribution in [2.45, 2.75) is 39.1 Å². The maximum atomic E-state index is 11.4. The fourth-order valence-electron chi connectivity index (χ4n) is 1.23. The molecule has 0 saturated carbocycles. The summed E-state index contributed by atoms with van der Waals surface area (Å²) in [4.78, 5) is 11.4. The predicted molar refractivity (Wildman–Crippen MR) is 55.3 cm³/mol. The van der Waals surface area contributed by atoms with Gasteiger partial charge in [-0.2, -0.15) is 0 Å². The molecule has 0 radical (unpaired) electrons. The molecule has 0 aromatic carbocycles. The van der Waals surface area contributed by atoms with Crippen molar-refractivity contribution >= 4 is 5.97 Å². The summed E-state index contributed by atoms with van der Waals surface area (Å²) in [5.41, 5.74) is -0.250. The van der Waals surface area contributed by atoms with Crippen molar-refractivity contribution in [3.63, 3.8) is 0 Å². The van der Waals surface area contributed by atoms with Gasteiger partial charge < -0.3 is 14.2 Å². The highest BCUT2D eigenvalue weighted by atomic mass is 16.7. The van der Waals surface area contributed by atoms with Crippen LogP contribution in [0.15, 0.2) is 12.2 Å². The van der Waals surface area contributed by atoms with E-state index >= 15 is 0 Å². The van der Waals surface area contributed by atoms with Gasteiger partial charge in [-0.1, -0.05) is 6.58 Å². The fraction of sp³-hybridized carbons (Fsp3) is 0.727. The lowest BCUT2D eigenvalue weighted by Gasteiger charge is -2.30. The minimum Gasteiger partial charge on any atom is -0.429 e. The SMILES string of the molecule is C=C(C)C(=O)OC1OCCCOC1(C)C. The highest BCUT2D eigenvalue weighted by molar-refractivity contribution is 5.87. The van der Waals surface area contributed by atoms with Gasteiger partial charge in [-0.05, 0) is 27.2 Å². The molecule has 0 aromatic rings. The first kappa shape index (κ1) is 12.2. The van der Waals surface area contributed by atoms with E-state index in [1.54, 1.807) is 6.92 Å². The molecule has 0 spiro atoms. The number of rotatable bonds is 2. The summed E-state index contributed by atoms with van der Waals surface area (Å²) in [6.07, 6.45) is 0.147. The van der Waals surface area contributed by atoms with E-state index in [1.165, 1.54) is 0 Å². The van der Waals surface area contributed by atoms with E-state index in [2.05, 4.69) is 6.58 Å². The Morgan fingerprint density at radius 2 is 2.13 bits per heavy atom. The molecule has 1 aliphatic heterocycles. The van der Waals surface area contributed by atoms with Gasteiger partial charge in [-0.3, -0.25) is 0 Å². The molecule has 4 heteroatoms. The van der Waals surface area contributed by atoms with Crippen LogP contribution < -0.4 is 0 Å². The van der Waals surface area contributed by atoms with Gasteiger partial charge >= 0.3 is 5.97 Å². The van der Waals surface area contributed by atoms with E-state index < -0.39 is 17.9 Å². The molecule has 1 rings (SSSR count). The third-order valence-corrected chi connectivity index (χ3v) is 2.16. The second kappa shape index (κ2) is 4.77. The number of carbonyl (C=O) groups is 1. The Bertz CT molecular complexity index is 257. The third-order valence-electron chi connectivity index (χ3n) is 2.16. The van der Waals surface area contributed by atoms with Crippen molar-refractivity contribution < 1.29 is 19.0 Å². The van der Waals surface area contributed by atoms with Gasteiger partial charge in [0, 0.05) is 12.2 Å². The Balaban J connectivity index is 2.64. The van der Waals surface area contributed by atoms with Crippen LogP contribution >= 0.6 is 0 Å². The highest BCUT2D eigenvalue weighted by Gasteiger charge is 2.36. The van der Waals surface area contributed by atoms with Crippen molar-refractivity contribution in [1.29, 1.82) is 0 Å². The van der Waals surface area contributed by atoms with Crippen LogP contribution in [-0.2, 0) is 19.0 Å². The van der Waals surface area contributed by atoms with Gasteiger partial charge in [0.05, 0.1) is 6.61 Å². The summed E-state index contributed by atoms with van der Waals surface area (Å²) < 4.78 is 16.1. The van der Waals surface area contributed by atoms with Crippen molar-refractivity contribution in [2.75, 3.05) is 13.2 Å². The van der Waals surface area contributed by atoms with Crippen LogP contribution in [0.25, 0.3) is 0 Å². The third kappa shape index (κ3) is 3.32. The maximum absolute atomic E-state index is 11.4. The van der Waals surface area contributed by atoms with Crippen LogP contribution in [0.5, 0.6) is 0 Å². The van der Waals surface area contributed by atoms with E-state index in [0.29, 0.717) is 18.8 Å². The Morgan fingerprint density at radius 3 is 2.73 bits per heavy atom. The van der Waals surface area contributed by atoms with Crippen LogP contribution in [0, 0.1) is 0 Å². The summed E-state index contributed by atoms with van der Waals surface area (Å²) in [6, 6.07) is 0. The van der Waals surface area contributed by atoms with Gasteiger partial charge in [0.1, 0.15) is 5.60 Å². The normalized spacial score (nSPS) is 25.4. The molecule has 0 amide bonds. The zero-order valence-electron chi connectivity index (χ0n) is 9.54. The molecular weight excluding hydrogens is 196 g/mol. The zero-order valence-corrected chi connectivity index (χ0v) is 9.54. The monoisotopic (exact) mass is 214 g/mol. The number of carbonyl (C=O) groups excluding carboxylic acids is 1. The van der Waals surface area contributed by atoms with Gasteiger partial charge in [-0.15, -0.1) is 0 Å². The first-order valence-corrected chi connectivity index (χ1v) is 5.05. The first-order valence-electron chi connectivity index (χ1n) is 5.05. The molecule has 1 heterocycles. The summed E-state index contributed by atoms with van der Waals surface area (Å²) >= 11 is 0. The topological polar surface area (TPSA) is 44.8 Å². The standard InChI is InChI=1S/C11H18O4/c1-8(2)9(12)15-10-11(3,4)14-7-5-6-13-10/h10H,1,5-7H2,2-4H3. The predicted octanol–water partition coefficient (Wildman–Crippen LogP) is 1.65. The molecule has 0 bridgehead atoms. The number of hydrogen-bond donors (Lipinski definition) is 0. The minimum atomic E-state index is -0.663. The fourth-order valence-corrected chi connectivity index (χ4v) is 1.23. The minimum absolute atomic E-state index is 0.360. The number of ether oxygens (including phenoxy) is 3. The molecule has 1 unspecified atom stereocenters. The summed E-state index contributed by atoms with van der Waals surface area (Å²) in [5.74, 6) is -0.446. The second-order valence-corrected chi connectivity index (χ2v) is 4.19. The molecule has 0 aliphatic carbocycles. The molecule has 0 N–H and O–H groups in total. The Labute approximate surface area is 90.2 Å². The van der Waals surface area contributed by atoms with Crippen molar-refractivity contribution in [3.8, 4) is 0 Å². The Kier molecular flexibility index (Phi) is 3.88. The molecular formula is C11H18O4. The lowest BCUT2D eigenvalue weighted by Crippen LogP contribution is -2.42. The van der Waals surface area contributed by atoms with E-state index in [-0.39, 0.29) is 0 Å². The first-order chi connectivity index (χ1) is 6.93. The highest BCUT2D eigenvalue weighted by Crippen LogP contribution is 2.23. The zero-order chi connectivity index (χ0) is 11.5. The molecule has 15 heavy (non-hydrogen) atoms. The van der Waals surface area contributed by atoms with Gasteiger partial charge in [-0.25, -0.2) is 4.79 Å². The number of esters is 1. The second-order valence-electron chi connectivity index (χ2n) is 4.19. The molecule has 86 valence electrons. The molecule has 1 fully saturated rings. The quantitative estimate of drug-likeness (QED) is 0.518. The molecule has 1 saturated heterocycles.